The van der Waals surface area contributed by atoms with Crippen molar-refractivity contribution in [1.82, 2.24) is 5.32 Å². The molecule has 0 unspecified atom stereocenters. The Bertz CT molecular complexity index is 885. The molecule has 0 aliphatic heterocycles. The number of fused-ring (bicyclic) bond motifs is 3. The summed E-state index contributed by atoms with van der Waals surface area (Å²) in [5.41, 5.74) is 1.68. The SMILES string of the molecule is O=C(NC1CC1)c1c(NC(=O)[C@@H]2[C@@H](C(=O)O)[C@H]3C=C[C@@H]2CC3)sc2c1CCC2. The fourth-order valence-electron chi connectivity index (χ4n) is 5.10. The van der Waals surface area contributed by atoms with Crippen LogP contribution in [0.5, 0.6) is 0 Å². The molecule has 2 amide bonds. The fourth-order valence-corrected chi connectivity index (χ4v) is 6.39. The van der Waals surface area contributed by atoms with E-state index >= 15 is 0 Å². The molecule has 6 nitrogen and oxygen atoms in total. The third-order valence-electron chi connectivity index (χ3n) is 6.63. The Kier molecular flexibility index (Phi) is 4.30. The van der Waals surface area contributed by atoms with Gasteiger partial charge in [-0.3, -0.25) is 14.4 Å². The quantitative estimate of drug-likeness (QED) is 0.662. The van der Waals surface area contributed by atoms with E-state index in [1.165, 1.54) is 16.2 Å². The lowest BCUT2D eigenvalue weighted by Crippen LogP contribution is -2.47. The number of nitrogens with one attached hydrogen (secondary N) is 2. The maximum absolute atomic E-state index is 13.2. The van der Waals surface area contributed by atoms with Crippen LogP contribution in [-0.4, -0.2) is 28.9 Å². The molecule has 7 heteroatoms. The van der Waals surface area contributed by atoms with E-state index in [4.69, 9.17) is 0 Å². The minimum absolute atomic E-state index is 0.0401. The van der Waals surface area contributed by atoms with Gasteiger partial charge >= 0.3 is 5.97 Å². The topological polar surface area (TPSA) is 95.5 Å². The van der Waals surface area contributed by atoms with Gasteiger partial charge in [0.15, 0.2) is 0 Å². The molecular formula is C21H24N2O4S. The van der Waals surface area contributed by atoms with Crippen LogP contribution in [0.15, 0.2) is 12.2 Å². The summed E-state index contributed by atoms with van der Waals surface area (Å²) < 4.78 is 0. The number of hydrogen-bond donors (Lipinski definition) is 3. The van der Waals surface area contributed by atoms with Crippen LogP contribution in [0.2, 0.25) is 0 Å². The Morgan fingerprint density at radius 1 is 1.00 bits per heavy atom. The fraction of sp³-hybridized carbons (Fsp3) is 0.571. The summed E-state index contributed by atoms with van der Waals surface area (Å²) in [6.07, 6.45) is 10.5. The number of anilines is 1. The molecule has 148 valence electrons. The minimum Gasteiger partial charge on any atom is -0.481 e. The zero-order valence-electron chi connectivity index (χ0n) is 15.6. The van der Waals surface area contributed by atoms with E-state index in [1.54, 1.807) is 0 Å². The van der Waals surface area contributed by atoms with Crippen LogP contribution in [0, 0.1) is 23.7 Å². The summed E-state index contributed by atoms with van der Waals surface area (Å²) in [4.78, 5) is 39.0. The normalized spacial score (nSPS) is 30.1. The van der Waals surface area contributed by atoms with Crippen molar-refractivity contribution in [3.63, 3.8) is 0 Å². The Balaban J connectivity index is 1.43. The highest BCUT2D eigenvalue weighted by Gasteiger charge is 2.48. The first kappa shape index (κ1) is 17.9. The van der Waals surface area contributed by atoms with Crippen molar-refractivity contribution in [2.45, 2.75) is 51.0 Å². The number of carboxylic acid groups (broad SMARTS) is 1. The third kappa shape index (κ3) is 2.96. The molecule has 5 aliphatic rings. The second-order valence-electron chi connectivity index (χ2n) is 8.48. The molecule has 4 atom stereocenters. The molecule has 2 saturated carbocycles. The first-order chi connectivity index (χ1) is 13.5. The van der Waals surface area contributed by atoms with E-state index in [0.717, 1.165) is 50.5 Å². The number of allylic oxidation sites excluding steroid dienone is 2. The molecule has 1 heterocycles. The van der Waals surface area contributed by atoms with Crippen LogP contribution in [-0.2, 0) is 22.4 Å². The molecule has 1 aromatic heterocycles. The number of carbonyl (C=O) groups excluding carboxylic acids is 2. The van der Waals surface area contributed by atoms with Crippen molar-refractivity contribution in [3.8, 4) is 0 Å². The Morgan fingerprint density at radius 3 is 2.36 bits per heavy atom. The second-order valence-corrected chi connectivity index (χ2v) is 9.58. The van der Waals surface area contributed by atoms with Gasteiger partial charge in [0.25, 0.3) is 5.91 Å². The predicted octanol–water partition coefficient (Wildman–Crippen LogP) is 2.98. The van der Waals surface area contributed by atoms with Crippen LogP contribution in [0.1, 0.15) is 52.9 Å². The molecule has 6 rings (SSSR count). The lowest BCUT2D eigenvalue weighted by Gasteiger charge is -2.41. The van der Waals surface area contributed by atoms with Gasteiger partial charge in [0.2, 0.25) is 5.91 Å². The van der Waals surface area contributed by atoms with Gasteiger partial charge in [-0.15, -0.1) is 11.3 Å². The zero-order valence-corrected chi connectivity index (χ0v) is 16.4. The Hall–Kier alpha value is -2.15. The van der Waals surface area contributed by atoms with Crippen molar-refractivity contribution in [3.05, 3.63) is 28.2 Å². The Morgan fingerprint density at radius 2 is 1.71 bits per heavy atom. The number of thiophene rings is 1. The van der Waals surface area contributed by atoms with Crippen LogP contribution < -0.4 is 10.6 Å². The second kappa shape index (κ2) is 6.72. The summed E-state index contributed by atoms with van der Waals surface area (Å²) in [5, 5.41) is 16.3. The molecule has 0 aromatic carbocycles. The number of aryl methyl sites for hydroxylation is 1. The largest absolute Gasteiger partial charge is 0.481 e. The summed E-state index contributed by atoms with van der Waals surface area (Å²) in [5.74, 6) is -2.63. The highest BCUT2D eigenvalue weighted by molar-refractivity contribution is 7.17. The highest BCUT2D eigenvalue weighted by atomic mass is 32.1. The molecule has 1 aromatic rings. The number of aliphatic carboxylic acids is 1. The first-order valence-electron chi connectivity index (χ1n) is 10.2. The van der Waals surface area contributed by atoms with Crippen LogP contribution >= 0.6 is 11.3 Å². The van der Waals surface area contributed by atoms with E-state index in [0.29, 0.717) is 10.6 Å². The monoisotopic (exact) mass is 400 g/mol. The van der Waals surface area contributed by atoms with Crippen LogP contribution in [0.4, 0.5) is 5.00 Å². The standard InChI is InChI=1S/C21H24N2O4S/c24-18(15-10-4-6-11(7-5-10)16(15)21(26)27)23-20-17(19(25)22-12-8-9-12)13-2-1-3-14(13)28-20/h4,6,10-12,15-16H,1-3,5,7-9H2,(H,22,25)(H,23,24)(H,26,27)/t10-,11+,15+,16+/m1/s1. The van der Waals surface area contributed by atoms with Gasteiger partial charge in [-0.05, 0) is 62.3 Å². The summed E-state index contributed by atoms with van der Waals surface area (Å²) >= 11 is 1.49. The smallest absolute Gasteiger partial charge is 0.307 e. The van der Waals surface area contributed by atoms with Gasteiger partial charge in [0.05, 0.1) is 17.4 Å². The predicted molar refractivity (Wildman–Crippen MR) is 105 cm³/mol. The average Bonchev–Trinajstić information content (AvgIpc) is 3.26. The van der Waals surface area contributed by atoms with Crippen molar-refractivity contribution >= 4 is 34.1 Å². The summed E-state index contributed by atoms with van der Waals surface area (Å²) in [7, 11) is 0. The van der Waals surface area contributed by atoms with Crippen molar-refractivity contribution in [1.29, 1.82) is 0 Å². The van der Waals surface area contributed by atoms with E-state index < -0.39 is 17.8 Å². The van der Waals surface area contributed by atoms with Crippen molar-refractivity contribution in [2.24, 2.45) is 23.7 Å². The molecule has 2 bridgehead atoms. The van der Waals surface area contributed by atoms with E-state index in [-0.39, 0.29) is 29.7 Å². The third-order valence-corrected chi connectivity index (χ3v) is 7.84. The van der Waals surface area contributed by atoms with E-state index in [9.17, 15) is 19.5 Å². The lowest BCUT2D eigenvalue weighted by molar-refractivity contribution is -0.151. The van der Waals surface area contributed by atoms with Crippen LogP contribution in [0.25, 0.3) is 0 Å². The van der Waals surface area contributed by atoms with Crippen molar-refractivity contribution in [2.75, 3.05) is 5.32 Å². The first-order valence-corrected chi connectivity index (χ1v) is 11.0. The molecule has 2 fully saturated rings. The van der Waals surface area contributed by atoms with Crippen LogP contribution in [0.3, 0.4) is 0 Å². The molecule has 0 saturated heterocycles. The van der Waals surface area contributed by atoms with E-state index in [1.807, 2.05) is 12.2 Å². The molecule has 0 spiro atoms. The van der Waals surface area contributed by atoms with Gasteiger partial charge in [-0.2, -0.15) is 0 Å². The highest BCUT2D eigenvalue weighted by Crippen LogP contribution is 2.46. The van der Waals surface area contributed by atoms with Gasteiger partial charge in [-0.25, -0.2) is 0 Å². The molecule has 0 radical (unpaired) electrons. The zero-order chi connectivity index (χ0) is 19.4. The number of hydrogen-bond acceptors (Lipinski definition) is 4. The minimum atomic E-state index is -0.903. The van der Waals surface area contributed by atoms with Crippen molar-refractivity contribution < 1.29 is 19.5 Å². The van der Waals surface area contributed by atoms with Gasteiger partial charge < -0.3 is 15.7 Å². The van der Waals surface area contributed by atoms with Gasteiger partial charge in [0.1, 0.15) is 5.00 Å². The average molecular weight is 401 g/mol. The number of carbonyl (C=O) groups is 3. The number of carboxylic acids is 1. The number of amides is 2. The Labute approximate surface area is 167 Å². The molecule has 5 aliphatic carbocycles. The van der Waals surface area contributed by atoms with Gasteiger partial charge in [0, 0.05) is 10.9 Å². The summed E-state index contributed by atoms with van der Waals surface area (Å²) in [6, 6.07) is 0.253. The molecular weight excluding hydrogens is 376 g/mol. The van der Waals surface area contributed by atoms with E-state index in [2.05, 4.69) is 10.6 Å². The summed E-state index contributed by atoms with van der Waals surface area (Å²) in [6.45, 7) is 0. The lowest BCUT2D eigenvalue weighted by atomic mass is 9.62. The molecule has 28 heavy (non-hydrogen) atoms. The number of rotatable bonds is 5. The maximum atomic E-state index is 13.2. The maximum Gasteiger partial charge on any atom is 0.307 e. The molecule has 3 N–H and O–H groups in total. The van der Waals surface area contributed by atoms with Gasteiger partial charge in [-0.1, -0.05) is 12.2 Å².